The summed E-state index contributed by atoms with van der Waals surface area (Å²) in [5, 5.41) is 8.65. The Kier molecular flexibility index (Phi) is 3.76. The molecule has 0 radical (unpaired) electrons. The number of carbonyl (C=O) groups is 2. The van der Waals surface area contributed by atoms with Crippen molar-refractivity contribution in [2.24, 2.45) is 0 Å². The van der Waals surface area contributed by atoms with Crippen molar-refractivity contribution in [2.45, 2.75) is 6.10 Å². The Labute approximate surface area is 125 Å². The number of ether oxygens (including phenoxy) is 2. The molecule has 22 heavy (non-hydrogen) atoms. The number of hydrogen-bond donors (Lipinski definition) is 1. The Morgan fingerprint density at radius 2 is 1.95 bits per heavy atom. The molecule has 1 N–H and O–H groups in total. The van der Waals surface area contributed by atoms with Gasteiger partial charge in [-0.3, -0.25) is 4.79 Å². The third-order valence-corrected chi connectivity index (χ3v) is 3.26. The molecule has 0 saturated heterocycles. The minimum atomic E-state index is -1.03. The summed E-state index contributed by atoms with van der Waals surface area (Å²) in [5.41, 5.74) is 0.553. The van der Waals surface area contributed by atoms with Gasteiger partial charge in [-0.25, -0.2) is 10.1 Å². The smallest absolute Gasteiger partial charge is 0.338 e. The minimum absolute atomic E-state index is 0.0518. The lowest BCUT2D eigenvalue weighted by molar-refractivity contribution is -0.137. The number of esters is 1. The fraction of sp³-hybridized carbons (Fsp3) is 0.125. The van der Waals surface area contributed by atoms with E-state index in [-0.39, 0.29) is 17.9 Å². The van der Waals surface area contributed by atoms with E-state index < -0.39 is 17.9 Å². The lowest BCUT2D eigenvalue weighted by Crippen LogP contribution is -2.37. The van der Waals surface area contributed by atoms with Gasteiger partial charge in [0.15, 0.2) is 11.9 Å². The summed E-state index contributed by atoms with van der Waals surface area (Å²) in [7, 11) is 0. The Balaban J connectivity index is 1.79. The maximum atomic E-state index is 12.4. The summed E-state index contributed by atoms with van der Waals surface area (Å²) >= 11 is 0. The fourth-order valence-electron chi connectivity index (χ4n) is 2.16. The normalized spacial score (nSPS) is 16.4. The molecule has 0 spiro atoms. The van der Waals surface area contributed by atoms with Gasteiger partial charge in [0, 0.05) is 0 Å². The van der Waals surface area contributed by atoms with Crippen LogP contribution >= 0.6 is 0 Å². The molecule has 2 aromatic rings. The molecule has 0 aromatic heterocycles. The van der Waals surface area contributed by atoms with Crippen LogP contribution in [0.5, 0.6) is 11.5 Å². The van der Waals surface area contributed by atoms with E-state index >= 15 is 0 Å². The quantitative estimate of drug-likeness (QED) is 0.532. The molecule has 0 aliphatic carbocycles. The number of hydrogen-bond acceptors (Lipinski definition) is 6. The second kappa shape index (κ2) is 5.87. The number of carbonyl (C=O) groups excluding carboxylic acids is 2. The van der Waals surface area contributed by atoms with Crippen LogP contribution in [0.3, 0.4) is 0 Å². The first kappa shape index (κ1) is 14.1. The fourth-order valence-corrected chi connectivity index (χ4v) is 2.16. The topological polar surface area (TPSA) is 82.1 Å². The van der Waals surface area contributed by atoms with Gasteiger partial charge in [-0.15, -0.1) is 0 Å². The third kappa shape index (κ3) is 2.64. The van der Waals surface area contributed by atoms with Crippen LogP contribution in [0, 0.1) is 0 Å². The van der Waals surface area contributed by atoms with E-state index in [1.54, 1.807) is 30.3 Å². The summed E-state index contributed by atoms with van der Waals surface area (Å²) in [6.07, 6.45) is -1.03. The predicted molar refractivity (Wildman–Crippen MR) is 75.2 cm³/mol. The summed E-state index contributed by atoms with van der Waals surface area (Å²) < 4.78 is 10.6. The van der Waals surface area contributed by atoms with Crippen molar-refractivity contribution in [2.75, 3.05) is 6.61 Å². The summed E-state index contributed by atoms with van der Waals surface area (Å²) in [6.45, 7) is -0.0518. The van der Waals surface area contributed by atoms with E-state index in [1.807, 2.05) is 0 Å². The molecule has 3 rings (SSSR count). The first-order chi connectivity index (χ1) is 10.7. The van der Waals surface area contributed by atoms with Crippen molar-refractivity contribution in [3.05, 3.63) is 59.7 Å². The SMILES string of the molecule is O=C(OC1COc2ccc(OO)cc2C1=O)c1ccccc1. The van der Waals surface area contributed by atoms with E-state index in [0.717, 1.165) is 0 Å². The average Bonchev–Trinajstić information content (AvgIpc) is 2.58. The van der Waals surface area contributed by atoms with E-state index in [4.69, 9.17) is 14.7 Å². The van der Waals surface area contributed by atoms with Gasteiger partial charge in [-0.05, 0) is 30.3 Å². The highest BCUT2D eigenvalue weighted by atomic mass is 17.1. The van der Waals surface area contributed by atoms with Crippen molar-refractivity contribution in [1.29, 1.82) is 0 Å². The van der Waals surface area contributed by atoms with Gasteiger partial charge in [-0.2, -0.15) is 0 Å². The molecule has 1 unspecified atom stereocenters. The Morgan fingerprint density at radius 3 is 2.68 bits per heavy atom. The lowest BCUT2D eigenvalue weighted by Gasteiger charge is -2.24. The Morgan fingerprint density at radius 1 is 1.18 bits per heavy atom. The van der Waals surface area contributed by atoms with Crippen molar-refractivity contribution < 1.29 is 29.2 Å². The molecule has 6 nitrogen and oxygen atoms in total. The van der Waals surface area contributed by atoms with Gasteiger partial charge < -0.3 is 14.4 Å². The minimum Gasteiger partial charge on any atom is -0.488 e. The van der Waals surface area contributed by atoms with Crippen molar-refractivity contribution in [3.63, 3.8) is 0 Å². The van der Waals surface area contributed by atoms with Crippen LogP contribution in [0.4, 0.5) is 0 Å². The van der Waals surface area contributed by atoms with E-state index in [0.29, 0.717) is 11.3 Å². The van der Waals surface area contributed by atoms with Gasteiger partial charge in [0.25, 0.3) is 0 Å². The zero-order valence-corrected chi connectivity index (χ0v) is 11.4. The molecule has 0 saturated carbocycles. The number of fused-ring (bicyclic) bond motifs is 1. The van der Waals surface area contributed by atoms with Crippen LogP contribution in [0.15, 0.2) is 48.5 Å². The van der Waals surface area contributed by atoms with Crippen LogP contribution in [0.2, 0.25) is 0 Å². The van der Waals surface area contributed by atoms with Crippen molar-refractivity contribution in [1.82, 2.24) is 0 Å². The van der Waals surface area contributed by atoms with E-state index in [9.17, 15) is 9.59 Å². The largest absolute Gasteiger partial charge is 0.488 e. The van der Waals surface area contributed by atoms with Crippen LogP contribution in [0.1, 0.15) is 20.7 Å². The Bertz CT molecular complexity index is 710. The summed E-state index contributed by atoms with van der Waals surface area (Å²) in [5.74, 6) is -0.534. The second-order valence-electron chi connectivity index (χ2n) is 4.68. The molecule has 0 amide bonds. The maximum Gasteiger partial charge on any atom is 0.338 e. The molecule has 112 valence electrons. The maximum absolute atomic E-state index is 12.4. The molecule has 1 aliphatic heterocycles. The average molecular weight is 300 g/mol. The number of rotatable bonds is 3. The third-order valence-electron chi connectivity index (χ3n) is 3.26. The van der Waals surface area contributed by atoms with Crippen molar-refractivity contribution in [3.8, 4) is 11.5 Å². The predicted octanol–water partition coefficient (Wildman–Crippen LogP) is 2.34. The van der Waals surface area contributed by atoms with Crippen molar-refractivity contribution >= 4 is 11.8 Å². The lowest BCUT2D eigenvalue weighted by atomic mass is 10.0. The highest BCUT2D eigenvalue weighted by Crippen LogP contribution is 2.29. The molecule has 2 aromatic carbocycles. The first-order valence-electron chi connectivity index (χ1n) is 6.57. The number of benzene rings is 2. The molecule has 6 heteroatoms. The molecule has 0 fully saturated rings. The van der Waals surface area contributed by atoms with Crippen LogP contribution in [0.25, 0.3) is 0 Å². The molecule has 1 atom stereocenters. The second-order valence-corrected chi connectivity index (χ2v) is 4.68. The Hall–Kier alpha value is -2.86. The summed E-state index contributed by atoms with van der Waals surface area (Å²) in [4.78, 5) is 28.5. The zero-order valence-electron chi connectivity index (χ0n) is 11.4. The van der Waals surface area contributed by atoms with Crippen LogP contribution in [-0.4, -0.2) is 29.7 Å². The highest BCUT2D eigenvalue weighted by Gasteiger charge is 2.32. The monoisotopic (exact) mass is 300 g/mol. The molecule has 1 aliphatic rings. The van der Waals surface area contributed by atoms with Crippen LogP contribution < -0.4 is 9.62 Å². The van der Waals surface area contributed by atoms with Gasteiger partial charge in [0.2, 0.25) is 5.78 Å². The van der Waals surface area contributed by atoms with E-state index in [2.05, 4.69) is 4.89 Å². The zero-order chi connectivity index (χ0) is 15.5. The molecule has 0 bridgehead atoms. The first-order valence-corrected chi connectivity index (χ1v) is 6.57. The molecular weight excluding hydrogens is 288 g/mol. The van der Waals surface area contributed by atoms with Gasteiger partial charge >= 0.3 is 5.97 Å². The van der Waals surface area contributed by atoms with Gasteiger partial charge in [0.1, 0.15) is 12.4 Å². The van der Waals surface area contributed by atoms with Gasteiger partial charge in [-0.1, -0.05) is 18.2 Å². The van der Waals surface area contributed by atoms with E-state index in [1.165, 1.54) is 18.2 Å². The number of ketones is 1. The molecule has 1 heterocycles. The van der Waals surface area contributed by atoms with Gasteiger partial charge in [0.05, 0.1) is 11.1 Å². The van der Waals surface area contributed by atoms with Crippen LogP contribution in [-0.2, 0) is 4.74 Å². The summed E-state index contributed by atoms with van der Waals surface area (Å²) in [6, 6.07) is 12.7. The number of Topliss-reactive ketones (excluding diaryl/α,β-unsaturated/α-hetero) is 1. The molecular formula is C16H12O6. The standard InChI is InChI=1S/C16H12O6/c17-15-12-8-11(22-19)6-7-13(12)20-9-14(15)21-16(18)10-4-2-1-3-5-10/h1-8,14,19H,9H2. The highest BCUT2D eigenvalue weighted by molar-refractivity contribution is 6.04.